The highest BCUT2D eigenvalue weighted by Gasteiger charge is 2.26. The Morgan fingerprint density at radius 1 is 1.00 bits per heavy atom. The molecule has 0 saturated carbocycles. The van der Waals surface area contributed by atoms with E-state index in [0.717, 1.165) is 31.7 Å². The second kappa shape index (κ2) is 9.10. The van der Waals surface area contributed by atoms with E-state index in [1.54, 1.807) is 24.3 Å². The first-order chi connectivity index (χ1) is 16.2. The molecule has 1 saturated heterocycles. The standard InChI is InChI=1S/C23H23N7O3/c31-21(27-14-5-7-15(8-6-14)33-16-9-11-24-12-10-16)19-20(26-13-25-19)22(32)30-23-28-17-3-1-2-4-18(17)29-23/h1,3,5-8,16,24-26H,9-13H2,(H,27,31)(H2,28,29,30,32). The fourth-order valence-corrected chi connectivity index (χ4v) is 3.77. The molecule has 3 aromatic rings. The average molecular weight is 445 g/mol. The Kier molecular flexibility index (Phi) is 5.70. The number of carbonyl (C=O) groups excluding carboxylic acids is 2. The molecule has 0 bridgehead atoms. The fourth-order valence-electron chi connectivity index (χ4n) is 3.77. The minimum Gasteiger partial charge on any atom is -0.490 e. The zero-order valence-corrected chi connectivity index (χ0v) is 17.7. The van der Waals surface area contributed by atoms with Crippen LogP contribution in [-0.2, 0) is 9.59 Å². The SMILES string of the molecule is O=C(Nc1ccc(OC2CCNCC2)cc1)C1=C(C(=O)Nc2nc3ccc#cc3[nH]2)NCN1. The number of aromatic nitrogens is 2. The van der Waals surface area contributed by atoms with Gasteiger partial charge in [-0.05, 0) is 68.4 Å². The molecular formula is C23H23N7O3. The van der Waals surface area contributed by atoms with Crippen LogP contribution in [0, 0.1) is 12.1 Å². The summed E-state index contributed by atoms with van der Waals surface area (Å²) in [6, 6.07) is 16.4. The van der Waals surface area contributed by atoms with Crippen molar-refractivity contribution in [3.05, 3.63) is 59.9 Å². The van der Waals surface area contributed by atoms with Gasteiger partial charge in [-0.15, -0.1) is 0 Å². The molecule has 0 atom stereocenters. The number of rotatable bonds is 6. The van der Waals surface area contributed by atoms with E-state index in [9.17, 15) is 9.59 Å². The highest BCUT2D eigenvalue weighted by atomic mass is 16.5. The number of aromatic amines is 1. The number of anilines is 2. The van der Waals surface area contributed by atoms with E-state index in [0.29, 0.717) is 16.7 Å². The molecule has 33 heavy (non-hydrogen) atoms. The number of fused-ring (bicyclic) bond motifs is 1. The summed E-state index contributed by atoms with van der Waals surface area (Å²) in [5, 5.41) is 14.6. The molecule has 0 aliphatic carbocycles. The van der Waals surface area contributed by atoms with Gasteiger partial charge in [0.25, 0.3) is 11.8 Å². The number of hydrogen-bond acceptors (Lipinski definition) is 7. The number of ether oxygens (including phenoxy) is 1. The Morgan fingerprint density at radius 2 is 1.73 bits per heavy atom. The molecule has 0 radical (unpaired) electrons. The Hall–Kier alpha value is -4.23. The van der Waals surface area contributed by atoms with Gasteiger partial charge in [-0.25, -0.2) is 4.98 Å². The van der Waals surface area contributed by atoms with E-state index in [1.807, 2.05) is 12.1 Å². The molecule has 1 fully saturated rings. The summed E-state index contributed by atoms with van der Waals surface area (Å²) in [5.74, 6) is 0.111. The molecule has 2 aromatic carbocycles. The summed E-state index contributed by atoms with van der Waals surface area (Å²) in [4.78, 5) is 32.8. The third-order valence-corrected chi connectivity index (χ3v) is 5.42. The van der Waals surface area contributed by atoms with Gasteiger partial charge in [0, 0.05) is 5.69 Å². The molecular weight excluding hydrogens is 422 g/mol. The smallest absolute Gasteiger partial charge is 0.276 e. The second-order valence-electron chi connectivity index (χ2n) is 7.73. The number of H-pyrrole nitrogens is 1. The quantitative estimate of drug-likeness (QED) is 0.336. The van der Waals surface area contributed by atoms with E-state index in [4.69, 9.17) is 4.74 Å². The van der Waals surface area contributed by atoms with Crippen molar-refractivity contribution in [2.24, 2.45) is 0 Å². The lowest BCUT2D eigenvalue weighted by Crippen LogP contribution is -2.34. The van der Waals surface area contributed by atoms with Crippen molar-refractivity contribution in [3.8, 4) is 5.75 Å². The molecule has 10 nitrogen and oxygen atoms in total. The van der Waals surface area contributed by atoms with Gasteiger partial charge in [-0.2, -0.15) is 0 Å². The Labute approximate surface area is 190 Å². The van der Waals surface area contributed by atoms with Crippen molar-refractivity contribution in [1.82, 2.24) is 25.9 Å². The molecule has 168 valence electrons. The molecule has 0 spiro atoms. The lowest BCUT2D eigenvalue weighted by atomic mass is 10.1. The van der Waals surface area contributed by atoms with Crippen LogP contribution in [0.1, 0.15) is 12.8 Å². The number of piperidine rings is 1. The minimum atomic E-state index is -0.487. The maximum atomic E-state index is 12.8. The number of hydrogen-bond donors (Lipinski definition) is 6. The predicted octanol–water partition coefficient (Wildman–Crippen LogP) is 1.23. The molecule has 0 unspecified atom stereocenters. The van der Waals surface area contributed by atoms with E-state index in [-0.39, 0.29) is 30.1 Å². The van der Waals surface area contributed by atoms with Gasteiger partial charge in [-0.1, -0.05) is 6.07 Å². The van der Waals surface area contributed by atoms with Gasteiger partial charge in [0.15, 0.2) is 0 Å². The lowest BCUT2D eigenvalue weighted by molar-refractivity contribution is -0.115. The summed E-state index contributed by atoms with van der Waals surface area (Å²) < 4.78 is 5.99. The Balaban J connectivity index is 1.23. The molecule has 6 N–H and O–H groups in total. The van der Waals surface area contributed by atoms with Crippen LogP contribution in [0.4, 0.5) is 11.6 Å². The highest BCUT2D eigenvalue weighted by molar-refractivity contribution is 6.13. The second-order valence-corrected chi connectivity index (χ2v) is 7.73. The van der Waals surface area contributed by atoms with Crippen LogP contribution >= 0.6 is 0 Å². The van der Waals surface area contributed by atoms with Crippen LogP contribution < -0.4 is 31.3 Å². The van der Waals surface area contributed by atoms with Crippen LogP contribution in [0.25, 0.3) is 11.0 Å². The summed E-state index contributed by atoms with van der Waals surface area (Å²) >= 11 is 0. The maximum Gasteiger partial charge on any atom is 0.276 e. The van der Waals surface area contributed by atoms with Crippen LogP contribution in [0.3, 0.4) is 0 Å². The minimum absolute atomic E-state index is 0.134. The largest absolute Gasteiger partial charge is 0.490 e. The van der Waals surface area contributed by atoms with Gasteiger partial charge >= 0.3 is 0 Å². The van der Waals surface area contributed by atoms with Crippen molar-refractivity contribution in [1.29, 1.82) is 0 Å². The van der Waals surface area contributed by atoms with Crippen molar-refractivity contribution >= 4 is 34.5 Å². The van der Waals surface area contributed by atoms with Gasteiger partial charge in [-0.3, -0.25) is 14.9 Å². The number of benzene rings is 1. The van der Waals surface area contributed by atoms with Crippen molar-refractivity contribution < 1.29 is 14.3 Å². The number of amides is 2. The third-order valence-electron chi connectivity index (χ3n) is 5.42. The summed E-state index contributed by atoms with van der Waals surface area (Å²) in [7, 11) is 0. The van der Waals surface area contributed by atoms with Gasteiger partial charge in [0.05, 0.1) is 12.2 Å². The number of carbonyl (C=O) groups is 2. The number of nitrogens with one attached hydrogen (secondary N) is 6. The highest BCUT2D eigenvalue weighted by Crippen LogP contribution is 2.20. The summed E-state index contributed by atoms with van der Waals surface area (Å²) in [5.41, 5.74) is 2.17. The Morgan fingerprint density at radius 3 is 2.45 bits per heavy atom. The molecule has 10 heteroatoms. The van der Waals surface area contributed by atoms with Crippen molar-refractivity contribution in [3.63, 3.8) is 0 Å². The van der Waals surface area contributed by atoms with Crippen LogP contribution in [-0.4, -0.2) is 47.6 Å². The molecule has 2 aliphatic rings. The summed E-state index contributed by atoms with van der Waals surface area (Å²) in [6.07, 6.45) is 2.15. The van der Waals surface area contributed by atoms with Crippen molar-refractivity contribution in [2.45, 2.75) is 18.9 Å². The predicted molar refractivity (Wildman–Crippen MR) is 122 cm³/mol. The Bertz CT molecular complexity index is 1160. The van der Waals surface area contributed by atoms with Crippen molar-refractivity contribution in [2.75, 3.05) is 30.4 Å². The van der Waals surface area contributed by atoms with E-state index in [2.05, 4.69) is 48.7 Å². The fraction of sp³-hybridized carbons (Fsp3) is 0.261. The van der Waals surface area contributed by atoms with E-state index in [1.165, 1.54) is 0 Å². The number of nitrogens with zero attached hydrogens (tertiary/aromatic N) is 1. The number of imidazole rings is 1. The van der Waals surface area contributed by atoms with E-state index < -0.39 is 11.8 Å². The van der Waals surface area contributed by atoms with Gasteiger partial charge in [0.2, 0.25) is 5.95 Å². The molecule has 5 rings (SSSR count). The zero-order valence-electron chi connectivity index (χ0n) is 17.7. The first kappa shape index (κ1) is 20.7. The molecule has 1 aromatic heterocycles. The third kappa shape index (κ3) is 4.68. The lowest BCUT2D eigenvalue weighted by Gasteiger charge is -2.23. The van der Waals surface area contributed by atoms with Crippen LogP contribution in [0.15, 0.2) is 47.8 Å². The van der Waals surface area contributed by atoms with E-state index >= 15 is 0 Å². The maximum absolute atomic E-state index is 12.8. The van der Waals surface area contributed by atoms with Crippen LogP contribution in [0.5, 0.6) is 5.75 Å². The van der Waals surface area contributed by atoms with Crippen LogP contribution in [0.2, 0.25) is 0 Å². The first-order valence-electron chi connectivity index (χ1n) is 10.8. The zero-order chi connectivity index (χ0) is 22.6. The first-order valence-corrected chi connectivity index (χ1v) is 10.8. The molecule has 2 amide bonds. The molecule has 3 heterocycles. The summed E-state index contributed by atoms with van der Waals surface area (Å²) in [6.45, 7) is 2.17. The van der Waals surface area contributed by atoms with Gasteiger partial charge in [0.1, 0.15) is 28.8 Å². The molecule has 2 aliphatic heterocycles. The normalized spacial score (nSPS) is 16.0. The topological polar surface area (TPSA) is 132 Å². The van der Waals surface area contributed by atoms with Gasteiger partial charge < -0.3 is 31.0 Å². The average Bonchev–Trinajstić information content (AvgIpc) is 3.48. The monoisotopic (exact) mass is 445 g/mol.